The summed E-state index contributed by atoms with van der Waals surface area (Å²) in [7, 11) is 1.79. The lowest BCUT2D eigenvalue weighted by atomic mass is 10.1. The molecule has 1 aliphatic carbocycles. The molecular formula is C18H18FN5O2. The van der Waals surface area contributed by atoms with Crippen molar-refractivity contribution in [1.29, 1.82) is 0 Å². The molecule has 0 spiro atoms. The van der Waals surface area contributed by atoms with Gasteiger partial charge in [0.1, 0.15) is 17.7 Å². The van der Waals surface area contributed by atoms with Crippen LogP contribution < -0.4 is 5.32 Å². The van der Waals surface area contributed by atoms with Gasteiger partial charge in [0.25, 0.3) is 5.91 Å². The van der Waals surface area contributed by atoms with Crippen LogP contribution in [0.15, 0.2) is 28.9 Å². The smallest absolute Gasteiger partial charge is 0.273 e. The van der Waals surface area contributed by atoms with Gasteiger partial charge in [-0.3, -0.25) is 4.79 Å². The molecule has 0 bridgehead atoms. The normalized spacial score (nSPS) is 18.8. The van der Waals surface area contributed by atoms with Crippen molar-refractivity contribution in [2.45, 2.75) is 32.4 Å². The fourth-order valence-electron chi connectivity index (χ4n) is 2.72. The van der Waals surface area contributed by atoms with Crippen molar-refractivity contribution in [2.24, 2.45) is 7.05 Å². The molecule has 0 saturated heterocycles. The molecule has 26 heavy (non-hydrogen) atoms. The standard InChI is InChI=1S/C18H18FN5O2/c1-9-4-5-11(16-22-18(26-23-16)12-7-13(12)19)6-14(9)21-17(25)15-8-20-10(2)24(15)3/h4-6,8,12-13H,7H2,1-3H3,(H,21,25)/t12-,13-/m0/s1. The molecule has 2 heterocycles. The van der Waals surface area contributed by atoms with Crippen LogP contribution in [0.4, 0.5) is 10.1 Å². The Labute approximate surface area is 149 Å². The maximum Gasteiger partial charge on any atom is 0.273 e. The van der Waals surface area contributed by atoms with Gasteiger partial charge >= 0.3 is 0 Å². The van der Waals surface area contributed by atoms with E-state index in [0.717, 1.165) is 11.4 Å². The molecule has 1 fully saturated rings. The van der Waals surface area contributed by atoms with Crippen molar-refractivity contribution >= 4 is 11.6 Å². The second kappa shape index (κ2) is 6.05. The third-order valence-corrected chi connectivity index (χ3v) is 4.67. The zero-order chi connectivity index (χ0) is 18.4. The van der Waals surface area contributed by atoms with Crippen LogP contribution in [-0.4, -0.2) is 31.8 Å². The van der Waals surface area contributed by atoms with Gasteiger partial charge in [-0.15, -0.1) is 0 Å². The minimum absolute atomic E-state index is 0.250. The van der Waals surface area contributed by atoms with Crippen molar-refractivity contribution in [2.75, 3.05) is 5.32 Å². The predicted octanol–water partition coefficient (Wildman–Crippen LogP) is 3.16. The molecule has 0 unspecified atom stereocenters. The maximum absolute atomic E-state index is 13.1. The van der Waals surface area contributed by atoms with Gasteiger partial charge in [-0.2, -0.15) is 4.98 Å². The number of nitrogens with one attached hydrogen (secondary N) is 1. The van der Waals surface area contributed by atoms with Crippen molar-refractivity contribution in [1.82, 2.24) is 19.7 Å². The Bertz CT molecular complexity index is 993. The first-order valence-corrected chi connectivity index (χ1v) is 8.32. The van der Waals surface area contributed by atoms with Gasteiger partial charge in [0.2, 0.25) is 11.7 Å². The molecule has 1 aliphatic rings. The van der Waals surface area contributed by atoms with E-state index in [1.165, 1.54) is 0 Å². The molecule has 2 aromatic heterocycles. The quantitative estimate of drug-likeness (QED) is 0.777. The van der Waals surface area contributed by atoms with Gasteiger partial charge < -0.3 is 14.4 Å². The van der Waals surface area contributed by atoms with Gasteiger partial charge in [0, 0.05) is 18.3 Å². The number of alkyl halides is 1. The topological polar surface area (TPSA) is 85.8 Å². The number of hydrogen-bond donors (Lipinski definition) is 1. The van der Waals surface area contributed by atoms with E-state index in [2.05, 4.69) is 20.4 Å². The van der Waals surface area contributed by atoms with Gasteiger partial charge in [0.15, 0.2) is 0 Å². The molecule has 1 N–H and O–H groups in total. The zero-order valence-corrected chi connectivity index (χ0v) is 14.7. The highest BCUT2D eigenvalue weighted by molar-refractivity contribution is 6.03. The number of benzene rings is 1. The lowest BCUT2D eigenvalue weighted by molar-refractivity contribution is 0.101. The van der Waals surface area contributed by atoms with E-state index in [1.807, 2.05) is 26.0 Å². The lowest BCUT2D eigenvalue weighted by Crippen LogP contribution is -2.16. The molecule has 0 radical (unpaired) electrons. The first-order chi connectivity index (χ1) is 12.4. The van der Waals surface area contributed by atoms with Gasteiger partial charge in [-0.1, -0.05) is 17.3 Å². The first kappa shape index (κ1) is 16.4. The highest BCUT2D eigenvalue weighted by Crippen LogP contribution is 2.43. The van der Waals surface area contributed by atoms with Crippen molar-refractivity contribution in [3.05, 3.63) is 47.4 Å². The fourth-order valence-corrected chi connectivity index (χ4v) is 2.72. The van der Waals surface area contributed by atoms with Crippen LogP contribution in [0.5, 0.6) is 0 Å². The van der Waals surface area contributed by atoms with Crippen LogP contribution in [0.1, 0.15) is 40.1 Å². The Hall–Kier alpha value is -3.03. The van der Waals surface area contributed by atoms with Crippen molar-refractivity contribution in [3.63, 3.8) is 0 Å². The second-order valence-electron chi connectivity index (χ2n) is 6.55. The molecular weight excluding hydrogens is 337 g/mol. The Morgan fingerprint density at radius 1 is 1.38 bits per heavy atom. The molecule has 134 valence electrons. The average Bonchev–Trinajstić information content (AvgIpc) is 3.02. The highest BCUT2D eigenvalue weighted by atomic mass is 19.1. The minimum Gasteiger partial charge on any atom is -0.339 e. The summed E-state index contributed by atoms with van der Waals surface area (Å²) in [5, 5.41) is 6.82. The van der Waals surface area contributed by atoms with Gasteiger partial charge in [0.05, 0.1) is 12.1 Å². The number of anilines is 1. The minimum atomic E-state index is -0.890. The summed E-state index contributed by atoms with van der Waals surface area (Å²) in [5.74, 6) is 0.926. The third-order valence-electron chi connectivity index (χ3n) is 4.67. The van der Waals surface area contributed by atoms with Crippen LogP contribution >= 0.6 is 0 Å². The predicted molar refractivity (Wildman–Crippen MR) is 92.6 cm³/mol. The molecule has 7 nitrogen and oxygen atoms in total. The number of amides is 1. The summed E-state index contributed by atoms with van der Waals surface area (Å²) >= 11 is 0. The zero-order valence-electron chi connectivity index (χ0n) is 14.7. The Kier molecular flexibility index (Phi) is 3.82. The summed E-state index contributed by atoms with van der Waals surface area (Å²) in [6, 6.07) is 5.49. The summed E-state index contributed by atoms with van der Waals surface area (Å²) in [4.78, 5) is 20.9. The van der Waals surface area contributed by atoms with Crippen LogP contribution in [0.2, 0.25) is 0 Å². The maximum atomic E-state index is 13.1. The van der Waals surface area contributed by atoms with Crippen molar-refractivity contribution < 1.29 is 13.7 Å². The molecule has 8 heteroatoms. The summed E-state index contributed by atoms with van der Waals surface area (Å²) in [6.07, 6.45) is 1.08. The molecule has 1 aromatic carbocycles. The summed E-state index contributed by atoms with van der Waals surface area (Å²) in [5.41, 5.74) is 2.71. The highest BCUT2D eigenvalue weighted by Gasteiger charge is 2.43. The number of nitrogens with zero attached hydrogens (tertiary/aromatic N) is 4. The summed E-state index contributed by atoms with van der Waals surface area (Å²) < 4.78 is 20.0. The van der Waals surface area contributed by atoms with E-state index in [-0.39, 0.29) is 11.8 Å². The third kappa shape index (κ3) is 2.87. The average molecular weight is 355 g/mol. The number of halogens is 1. The Morgan fingerprint density at radius 3 is 2.81 bits per heavy atom. The van der Waals surface area contributed by atoms with Gasteiger partial charge in [-0.25, -0.2) is 9.37 Å². The monoisotopic (exact) mass is 355 g/mol. The largest absolute Gasteiger partial charge is 0.339 e. The summed E-state index contributed by atoms with van der Waals surface area (Å²) in [6.45, 7) is 3.73. The number of aromatic nitrogens is 4. The number of hydrogen-bond acceptors (Lipinski definition) is 5. The Balaban J connectivity index is 1.59. The second-order valence-corrected chi connectivity index (χ2v) is 6.55. The number of aryl methyl sites for hydroxylation is 2. The first-order valence-electron chi connectivity index (χ1n) is 8.32. The Morgan fingerprint density at radius 2 is 2.15 bits per heavy atom. The molecule has 3 aromatic rings. The van der Waals surface area contributed by atoms with E-state index in [0.29, 0.717) is 35.1 Å². The van der Waals surface area contributed by atoms with E-state index in [1.54, 1.807) is 23.9 Å². The van der Waals surface area contributed by atoms with E-state index < -0.39 is 6.17 Å². The van der Waals surface area contributed by atoms with Crippen LogP contribution in [0.25, 0.3) is 11.4 Å². The fraction of sp³-hybridized carbons (Fsp3) is 0.333. The number of imidazole rings is 1. The number of rotatable bonds is 4. The molecule has 4 rings (SSSR count). The van der Waals surface area contributed by atoms with Crippen LogP contribution in [-0.2, 0) is 7.05 Å². The van der Waals surface area contributed by atoms with Crippen LogP contribution in [0.3, 0.4) is 0 Å². The van der Waals surface area contributed by atoms with E-state index in [4.69, 9.17) is 4.52 Å². The molecule has 1 amide bonds. The van der Waals surface area contributed by atoms with E-state index >= 15 is 0 Å². The van der Waals surface area contributed by atoms with Crippen molar-refractivity contribution in [3.8, 4) is 11.4 Å². The lowest BCUT2D eigenvalue weighted by Gasteiger charge is -2.10. The van der Waals surface area contributed by atoms with Gasteiger partial charge in [-0.05, 0) is 31.9 Å². The molecule has 1 saturated carbocycles. The molecule has 0 aliphatic heterocycles. The van der Waals surface area contributed by atoms with E-state index in [9.17, 15) is 9.18 Å². The van der Waals surface area contributed by atoms with Crippen LogP contribution in [0, 0.1) is 13.8 Å². The number of carbonyl (C=O) groups excluding carboxylic acids is 1. The molecule has 2 atom stereocenters. The number of carbonyl (C=O) groups is 1. The SMILES string of the molecule is Cc1ccc(-c2noc([C@H]3C[C@@H]3F)n2)cc1NC(=O)c1cnc(C)n1C.